The highest BCUT2D eigenvalue weighted by atomic mass is 35.5. The molecule has 0 aliphatic carbocycles. The standard InChI is InChI=1S/C16H14ClN3O2/c1-9-10(2)22-14(20-9)8-19-16(21)12-5-6-13(17)11-4-3-7-18-15(11)12/h3-7H,8H2,1-2H3,(H,19,21). The quantitative estimate of drug-likeness (QED) is 0.804. The Kier molecular flexibility index (Phi) is 3.81. The summed E-state index contributed by atoms with van der Waals surface area (Å²) in [5, 5.41) is 4.11. The monoisotopic (exact) mass is 315 g/mol. The number of oxazole rings is 1. The predicted molar refractivity (Wildman–Crippen MR) is 83.9 cm³/mol. The molecule has 3 rings (SSSR count). The second-order valence-electron chi connectivity index (χ2n) is 4.93. The summed E-state index contributed by atoms with van der Waals surface area (Å²) in [5.41, 5.74) is 1.87. The number of fused-ring (bicyclic) bond motifs is 1. The number of benzene rings is 1. The summed E-state index contributed by atoms with van der Waals surface area (Å²) < 4.78 is 5.44. The van der Waals surface area contributed by atoms with Gasteiger partial charge in [0, 0.05) is 11.6 Å². The van der Waals surface area contributed by atoms with Gasteiger partial charge >= 0.3 is 0 Å². The van der Waals surface area contributed by atoms with Crippen molar-refractivity contribution in [2.45, 2.75) is 20.4 Å². The first-order valence-corrected chi connectivity index (χ1v) is 7.18. The Labute approximate surface area is 132 Å². The molecule has 0 saturated carbocycles. The maximum Gasteiger partial charge on any atom is 0.253 e. The van der Waals surface area contributed by atoms with E-state index >= 15 is 0 Å². The number of halogens is 1. The van der Waals surface area contributed by atoms with Gasteiger partial charge < -0.3 is 9.73 Å². The minimum Gasteiger partial charge on any atom is -0.444 e. The summed E-state index contributed by atoms with van der Waals surface area (Å²) in [7, 11) is 0. The van der Waals surface area contributed by atoms with Crippen LogP contribution in [0.1, 0.15) is 27.7 Å². The molecule has 0 spiro atoms. The fraction of sp³-hybridized carbons (Fsp3) is 0.188. The van der Waals surface area contributed by atoms with Crippen LogP contribution < -0.4 is 5.32 Å². The maximum atomic E-state index is 12.4. The SMILES string of the molecule is Cc1nc(CNC(=O)c2ccc(Cl)c3cccnc23)oc1C. The van der Waals surface area contributed by atoms with Crippen LogP contribution in [0.3, 0.4) is 0 Å². The van der Waals surface area contributed by atoms with Gasteiger partial charge in [0.2, 0.25) is 5.89 Å². The summed E-state index contributed by atoms with van der Waals surface area (Å²) >= 11 is 6.13. The molecule has 2 aromatic heterocycles. The van der Waals surface area contributed by atoms with Crippen LogP contribution >= 0.6 is 11.6 Å². The van der Waals surface area contributed by atoms with Crippen molar-refractivity contribution >= 4 is 28.4 Å². The third kappa shape index (κ3) is 2.67. The topological polar surface area (TPSA) is 68.0 Å². The number of aromatic nitrogens is 2. The van der Waals surface area contributed by atoms with Crippen molar-refractivity contribution < 1.29 is 9.21 Å². The number of carbonyl (C=O) groups is 1. The third-order valence-corrected chi connectivity index (χ3v) is 3.76. The van der Waals surface area contributed by atoms with Gasteiger partial charge in [-0.15, -0.1) is 0 Å². The zero-order valence-electron chi connectivity index (χ0n) is 12.2. The molecule has 22 heavy (non-hydrogen) atoms. The minimum atomic E-state index is -0.242. The number of pyridine rings is 1. The van der Waals surface area contributed by atoms with E-state index in [1.165, 1.54) is 0 Å². The molecule has 2 heterocycles. The van der Waals surface area contributed by atoms with Crippen LogP contribution in [0.4, 0.5) is 0 Å². The van der Waals surface area contributed by atoms with Crippen LogP contribution in [0.2, 0.25) is 5.02 Å². The molecule has 0 aliphatic rings. The second-order valence-corrected chi connectivity index (χ2v) is 5.33. The van der Waals surface area contributed by atoms with Gasteiger partial charge in [0.15, 0.2) is 0 Å². The molecule has 1 amide bonds. The highest BCUT2D eigenvalue weighted by Gasteiger charge is 2.14. The third-order valence-electron chi connectivity index (χ3n) is 3.43. The van der Waals surface area contributed by atoms with Crippen LogP contribution in [0.15, 0.2) is 34.9 Å². The molecular weight excluding hydrogens is 302 g/mol. The van der Waals surface area contributed by atoms with Gasteiger partial charge in [-0.25, -0.2) is 4.98 Å². The van der Waals surface area contributed by atoms with Crippen LogP contribution in [0.25, 0.3) is 10.9 Å². The number of aryl methyl sites for hydroxylation is 2. The number of rotatable bonds is 3. The Hall–Kier alpha value is -2.40. The molecule has 0 saturated heterocycles. The highest BCUT2D eigenvalue weighted by molar-refractivity contribution is 6.36. The number of nitrogens with zero attached hydrogens (tertiary/aromatic N) is 2. The summed E-state index contributed by atoms with van der Waals surface area (Å²) in [5.74, 6) is 0.992. The average molecular weight is 316 g/mol. The Bertz CT molecular complexity index is 838. The predicted octanol–water partition coefficient (Wildman–Crippen LogP) is 3.42. The summed E-state index contributed by atoms with van der Waals surface area (Å²) in [6.45, 7) is 3.93. The van der Waals surface area contributed by atoms with Gasteiger partial charge in [0.05, 0.1) is 28.3 Å². The molecule has 0 radical (unpaired) electrons. The van der Waals surface area contributed by atoms with Crippen molar-refractivity contribution in [2.24, 2.45) is 0 Å². The zero-order valence-corrected chi connectivity index (χ0v) is 12.9. The summed E-state index contributed by atoms with van der Waals surface area (Å²) in [4.78, 5) is 20.9. The van der Waals surface area contributed by atoms with Crippen molar-refractivity contribution in [3.8, 4) is 0 Å². The number of hydrogen-bond donors (Lipinski definition) is 1. The summed E-state index contributed by atoms with van der Waals surface area (Å²) in [6.07, 6.45) is 1.64. The molecule has 0 atom stereocenters. The zero-order chi connectivity index (χ0) is 15.7. The lowest BCUT2D eigenvalue weighted by Gasteiger charge is -2.07. The Morgan fingerprint density at radius 1 is 1.32 bits per heavy atom. The first-order chi connectivity index (χ1) is 10.6. The molecule has 0 bridgehead atoms. The first kappa shape index (κ1) is 14.5. The van der Waals surface area contributed by atoms with Crippen molar-refractivity contribution in [2.75, 3.05) is 0 Å². The van der Waals surface area contributed by atoms with Gasteiger partial charge in [0.25, 0.3) is 5.91 Å². The van der Waals surface area contributed by atoms with Crippen LogP contribution in [0, 0.1) is 13.8 Å². The largest absolute Gasteiger partial charge is 0.444 e. The van der Waals surface area contributed by atoms with E-state index in [1.807, 2.05) is 19.9 Å². The van der Waals surface area contributed by atoms with Gasteiger partial charge in [-0.1, -0.05) is 11.6 Å². The molecule has 5 nitrogen and oxygen atoms in total. The Morgan fingerprint density at radius 2 is 2.14 bits per heavy atom. The van der Waals surface area contributed by atoms with Crippen LogP contribution in [-0.2, 0) is 6.54 Å². The molecule has 0 unspecified atom stereocenters. The lowest BCUT2D eigenvalue weighted by atomic mass is 10.1. The Morgan fingerprint density at radius 3 is 2.86 bits per heavy atom. The van der Waals surface area contributed by atoms with Crippen molar-refractivity contribution in [1.29, 1.82) is 0 Å². The van der Waals surface area contributed by atoms with E-state index in [0.29, 0.717) is 22.0 Å². The molecule has 6 heteroatoms. The number of hydrogen-bond acceptors (Lipinski definition) is 4. The van der Waals surface area contributed by atoms with Gasteiger partial charge in [0.1, 0.15) is 5.76 Å². The van der Waals surface area contributed by atoms with E-state index in [0.717, 1.165) is 16.8 Å². The van der Waals surface area contributed by atoms with Crippen molar-refractivity contribution in [1.82, 2.24) is 15.3 Å². The number of amides is 1. The fourth-order valence-electron chi connectivity index (χ4n) is 2.19. The van der Waals surface area contributed by atoms with E-state index < -0.39 is 0 Å². The molecular formula is C16H14ClN3O2. The van der Waals surface area contributed by atoms with E-state index in [4.69, 9.17) is 16.0 Å². The molecule has 112 valence electrons. The maximum absolute atomic E-state index is 12.4. The second kappa shape index (κ2) is 5.77. The normalized spacial score (nSPS) is 10.9. The Balaban J connectivity index is 1.85. The van der Waals surface area contributed by atoms with E-state index in [-0.39, 0.29) is 12.5 Å². The van der Waals surface area contributed by atoms with Crippen molar-refractivity contribution in [3.63, 3.8) is 0 Å². The molecule has 0 aliphatic heterocycles. The number of carbonyl (C=O) groups excluding carboxylic acids is 1. The minimum absolute atomic E-state index is 0.227. The number of nitrogens with one attached hydrogen (secondary N) is 1. The van der Waals surface area contributed by atoms with E-state index in [1.54, 1.807) is 24.4 Å². The smallest absolute Gasteiger partial charge is 0.253 e. The van der Waals surface area contributed by atoms with Gasteiger partial charge in [-0.2, -0.15) is 0 Å². The van der Waals surface area contributed by atoms with Crippen molar-refractivity contribution in [3.05, 3.63) is 58.4 Å². The van der Waals surface area contributed by atoms with Crippen LogP contribution in [0.5, 0.6) is 0 Å². The van der Waals surface area contributed by atoms with E-state index in [2.05, 4.69) is 15.3 Å². The van der Waals surface area contributed by atoms with E-state index in [9.17, 15) is 4.79 Å². The fourth-order valence-corrected chi connectivity index (χ4v) is 2.40. The van der Waals surface area contributed by atoms with Gasteiger partial charge in [-0.05, 0) is 38.1 Å². The highest BCUT2D eigenvalue weighted by Crippen LogP contribution is 2.24. The molecule has 1 aromatic carbocycles. The van der Waals surface area contributed by atoms with Gasteiger partial charge in [-0.3, -0.25) is 9.78 Å². The molecule has 3 aromatic rings. The molecule has 1 N–H and O–H groups in total. The first-order valence-electron chi connectivity index (χ1n) is 6.80. The molecule has 0 fully saturated rings. The summed E-state index contributed by atoms with van der Waals surface area (Å²) in [6, 6.07) is 6.98. The average Bonchev–Trinajstić information content (AvgIpc) is 2.84. The lowest BCUT2D eigenvalue weighted by molar-refractivity contribution is 0.0948. The lowest BCUT2D eigenvalue weighted by Crippen LogP contribution is -2.23. The van der Waals surface area contributed by atoms with Crippen LogP contribution in [-0.4, -0.2) is 15.9 Å².